The highest BCUT2D eigenvalue weighted by atomic mass is 19.1. The van der Waals surface area contributed by atoms with Gasteiger partial charge in [-0.25, -0.2) is 4.39 Å². The number of halogens is 1. The number of hydrogen-bond donors (Lipinski definition) is 1. The first-order chi connectivity index (χ1) is 9.76. The molecule has 4 atom stereocenters. The lowest BCUT2D eigenvalue weighted by Crippen LogP contribution is -2.39. The zero-order chi connectivity index (χ0) is 13.9. The summed E-state index contributed by atoms with van der Waals surface area (Å²) in [6.07, 6.45) is 7.89. The lowest BCUT2D eigenvalue weighted by molar-refractivity contribution is 0.0957. The summed E-state index contributed by atoms with van der Waals surface area (Å²) < 4.78 is 19.0. The summed E-state index contributed by atoms with van der Waals surface area (Å²) in [6.45, 7) is 2.21. The second-order valence-corrected chi connectivity index (χ2v) is 6.13. The van der Waals surface area contributed by atoms with Crippen LogP contribution in [0.4, 0.5) is 4.39 Å². The minimum absolute atomic E-state index is 0.161. The van der Waals surface area contributed by atoms with Crippen molar-refractivity contribution in [1.82, 2.24) is 5.32 Å². The van der Waals surface area contributed by atoms with Gasteiger partial charge >= 0.3 is 0 Å². The largest absolute Gasteiger partial charge is 0.373 e. The summed E-state index contributed by atoms with van der Waals surface area (Å²) >= 11 is 0. The van der Waals surface area contributed by atoms with Crippen molar-refractivity contribution in [3.05, 3.63) is 35.6 Å². The second-order valence-electron chi connectivity index (χ2n) is 6.13. The van der Waals surface area contributed by atoms with Crippen LogP contribution >= 0.6 is 0 Å². The van der Waals surface area contributed by atoms with E-state index in [0.717, 1.165) is 12.8 Å². The topological polar surface area (TPSA) is 21.3 Å². The zero-order valence-corrected chi connectivity index (χ0v) is 12.1. The van der Waals surface area contributed by atoms with Crippen molar-refractivity contribution in [3.63, 3.8) is 0 Å². The van der Waals surface area contributed by atoms with E-state index in [1.807, 2.05) is 12.1 Å². The molecule has 2 fully saturated rings. The van der Waals surface area contributed by atoms with Crippen LogP contribution in [0.2, 0.25) is 0 Å². The van der Waals surface area contributed by atoms with E-state index in [4.69, 9.17) is 4.74 Å². The van der Waals surface area contributed by atoms with Crippen molar-refractivity contribution >= 4 is 0 Å². The number of nitrogens with one attached hydrogen (secondary N) is 1. The van der Waals surface area contributed by atoms with Gasteiger partial charge in [0.2, 0.25) is 0 Å². The molecule has 20 heavy (non-hydrogen) atoms. The van der Waals surface area contributed by atoms with Crippen LogP contribution in [0, 0.1) is 5.82 Å². The van der Waals surface area contributed by atoms with Gasteiger partial charge in [0.15, 0.2) is 0 Å². The summed E-state index contributed by atoms with van der Waals surface area (Å²) in [6, 6.07) is 7.75. The van der Waals surface area contributed by atoms with Gasteiger partial charge in [0.05, 0.1) is 12.2 Å². The normalized spacial score (nSPS) is 29.8. The Hall–Kier alpha value is -0.930. The highest BCUT2D eigenvalue weighted by Gasteiger charge is 2.41. The summed E-state index contributed by atoms with van der Waals surface area (Å²) in [7, 11) is 0. The average molecular weight is 277 g/mol. The van der Waals surface area contributed by atoms with E-state index in [1.54, 1.807) is 12.1 Å². The van der Waals surface area contributed by atoms with Crippen molar-refractivity contribution in [3.8, 4) is 0 Å². The van der Waals surface area contributed by atoms with Crippen LogP contribution in [0.25, 0.3) is 0 Å². The summed E-state index contributed by atoms with van der Waals surface area (Å²) in [5.74, 6) is -0.161. The van der Waals surface area contributed by atoms with E-state index >= 15 is 0 Å². The Bertz CT molecular complexity index is 433. The van der Waals surface area contributed by atoms with Crippen molar-refractivity contribution < 1.29 is 9.13 Å². The smallest absolute Gasteiger partial charge is 0.123 e. The third-order valence-electron chi connectivity index (χ3n) is 4.64. The number of hydrogen-bond acceptors (Lipinski definition) is 2. The van der Waals surface area contributed by atoms with Crippen molar-refractivity contribution in [2.24, 2.45) is 0 Å². The molecule has 1 aromatic rings. The van der Waals surface area contributed by atoms with E-state index in [1.165, 1.54) is 31.2 Å². The Morgan fingerprint density at radius 1 is 1.30 bits per heavy atom. The Morgan fingerprint density at radius 3 is 2.70 bits per heavy atom. The molecule has 110 valence electrons. The second kappa shape index (κ2) is 6.23. The summed E-state index contributed by atoms with van der Waals surface area (Å²) in [5.41, 5.74) is 1.20. The van der Waals surface area contributed by atoms with Crippen LogP contribution in [0.5, 0.6) is 0 Å². The Kier molecular flexibility index (Phi) is 4.37. The maximum absolute atomic E-state index is 13.1. The third kappa shape index (κ3) is 3.04. The molecule has 0 spiro atoms. The van der Waals surface area contributed by atoms with Gasteiger partial charge in [-0.1, -0.05) is 31.9 Å². The minimum atomic E-state index is -0.161. The van der Waals surface area contributed by atoms with Gasteiger partial charge in [0, 0.05) is 12.1 Å². The molecule has 0 amide bonds. The molecule has 3 heteroatoms. The third-order valence-corrected chi connectivity index (χ3v) is 4.64. The molecule has 2 heterocycles. The van der Waals surface area contributed by atoms with Gasteiger partial charge in [-0.15, -0.1) is 0 Å². The molecule has 0 aromatic heterocycles. The van der Waals surface area contributed by atoms with E-state index in [2.05, 4.69) is 12.2 Å². The fraction of sp³-hybridized carbons (Fsp3) is 0.647. The van der Waals surface area contributed by atoms with Crippen LogP contribution in [-0.4, -0.2) is 18.2 Å². The highest BCUT2D eigenvalue weighted by molar-refractivity contribution is 5.20. The quantitative estimate of drug-likeness (QED) is 0.849. The molecular formula is C17H24FNO. The molecule has 0 saturated carbocycles. The van der Waals surface area contributed by atoms with Crippen molar-refractivity contribution in [1.29, 1.82) is 0 Å². The predicted molar refractivity (Wildman–Crippen MR) is 78.1 cm³/mol. The number of fused-ring (bicyclic) bond motifs is 2. The van der Waals surface area contributed by atoms with E-state index < -0.39 is 0 Å². The van der Waals surface area contributed by atoms with E-state index in [9.17, 15) is 4.39 Å². The Morgan fingerprint density at radius 2 is 2.10 bits per heavy atom. The first-order valence-electron chi connectivity index (χ1n) is 7.93. The van der Waals surface area contributed by atoms with E-state index in [-0.39, 0.29) is 5.82 Å². The average Bonchev–Trinajstić information content (AvgIpc) is 3.07. The zero-order valence-electron chi connectivity index (χ0n) is 12.1. The van der Waals surface area contributed by atoms with Gasteiger partial charge < -0.3 is 10.1 Å². The lowest BCUT2D eigenvalue weighted by Gasteiger charge is -2.27. The predicted octanol–water partition coefficient (Wildman–Crippen LogP) is 3.97. The molecule has 2 bridgehead atoms. The number of benzene rings is 1. The molecule has 2 aliphatic rings. The highest BCUT2D eigenvalue weighted by Crippen LogP contribution is 2.36. The van der Waals surface area contributed by atoms with Gasteiger partial charge in [-0.05, 0) is 43.4 Å². The molecule has 2 aliphatic heterocycles. The van der Waals surface area contributed by atoms with Crippen LogP contribution in [0.1, 0.15) is 57.1 Å². The van der Waals surface area contributed by atoms with Crippen LogP contribution < -0.4 is 5.32 Å². The molecular weight excluding hydrogens is 253 g/mol. The van der Waals surface area contributed by atoms with E-state index in [0.29, 0.717) is 24.3 Å². The minimum Gasteiger partial charge on any atom is -0.373 e. The van der Waals surface area contributed by atoms with Gasteiger partial charge in [-0.3, -0.25) is 0 Å². The van der Waals surface area contributed by atoms with Gasteiger partial charge in [-0.2, -0.15) is 0 Å². The number of rotatable bonds is 6. The molecule has 0 radical (unpaired) electrons. The van der Waals surface area contributed by atoms with Crippen LogP contribution in [-0.2, 0) is 4.74 Å². The molecule has 2 saturated heterocycles. The van der Waals surface area contributed by atoms with Gasteiger partial charge in [0.25, 0.3) is 0 Å². The Balaban J connectivity index is 1.67. The summed E-state index contributed by atoms with van der Waals surface area (Å²) in [4.78, 5) is 0. The lowest BCUT2D eigenvalue weighted by atomic mass is 9.92. The molecule has 1 aromatic carbocycles. The van der Waals surface area contributed by atoms with Crippen LogP contribution in [0.3, 0.4) is 0 Å². The van der Waals surface area contributed by atoms with Crippen molar-refractivity contribution in [2.45, 2.75) is 69.7 Å². The molecule has 4 unspecified atom stereocenters. The molecule has 0 aliphatic carbocycles. The standard InChI is InChI=1S/C17H24FNO/c1-2-3-4-15(12-5-7-13(18)8-6-12)19-16-11-14-9-10-17(16)20-14/h5-8,14-17,19H,2-4,9-11H2,1H3. The fourth-order valence-electron chi connectivity index (χ4n) is 3.52. The first kappa shape index (κ1) is 14.0. The molecule has 1 N–H and O–H groups in total. The van der Waals surface area contributed by atoms with Crippen molar-refractivity contribution in [2.75, 3.05) is 0 Å². The first-order valence-corrected chi connectivity index (χ1v) is 7.93. The monoisotopic (exact) mass is 277 g/mol. The maximum atomic E-state index is 13.1. The van der Waals surface area contributed by atoms with Crippen LogP contribution in [0.15, 0.2) is 24.3 Å². The number of unbranched alkanes of at least 4 members (excludes halogenated alkanes) is 1. The van der Waals surface area contributed by atoms with Gasteiger partial charge in [0.1, 0.15) is 5.82 Å². The SMILES string of the molecule is CCCCC(NC1CC2CCC1O2)c1ccc(F)cc1. The fourth-order valence-corrected chi connectivity index (χ4v) is 3.52. The Labute approximate surface area is 120 Å². The molecule has 2 nitrogen and oxygen atoms in total. The number of ether oxygens (including phenoxy) is 1. The summed E-state index contributed by atoms with van der Waals surface area (Å²) in [5, 5.41) is 3.77. The molecule has 3 rings (SSSR count). The maximum Gasteiger partial charge on any atom is 0.123 e.